The lowest BCUT2D eigenvalue weighted by molar-refractivity contribution is -0.764. The summed E-state index contributed by atoms with van der Waals surface area (Å²) < 4.78 is 1.51. The Morgan fingerprint density at radius 3 is 3.23 bits per heavy atom. The van der Waals surface area contributed by atoms with Crippen LogP contribution in [0, 0.1) is 0 Å². The summed E-state index contributed by atoms with van der Waals surface area (Å²) >= 11 is 5.79. The van der Waals surface area contributed by atoms with Gasteiger partial charge in [-0.15, -0.1) is 0 Å². The van der Waals surface area contributed by atoms with E-state index in [1.54, 1.807) is 6.20 Å². The van der Waals surface area contributed by atoms with E-state index >= 15 is 0 Å². The van der Waals surface area contributed by atoms with Gasteiger partial charge in [0, 0.05) is 24.1 Å². The van der Waals surface area contributed by atoms with Crippen LogP contribution in [0.25, 0.3) is 0 Å². The van der Waals surface area contributed by atoms with Crippen molar-refractivity contribution in [2.45, 2.75) is 6.92 Å². The molecule has 0 saturated heterocycles. The maximum Gasteiger partial charge on any atom is 0.234 e. The number of hydrogen-bond donors (Lipinski definition) is 1. The molecule has 0 radical (unpaired) electrons. The molecule has 0 fully saturated rings. The minimum Gasteiger partial charge on any atom is -0.292 e. The molecule has 0 aliphatic carbocycles. The average molecular weight is 199 g/mol. The highest BCUT2D eigenvalue weighted by molar-refractivity contribution is 6.14. The molecule has 4 nitrogen and oxygen atoms in total. The second-order valence-corrected chi connectivity index (χ2v) is 3.40. The first-order valence-corrected chi connectivity index (χ1v) is 4.28. The van der Waals surface area contributed by atoms with E-state index < -0.39 is 0 Å². The van der Waals surface area contributed by atoms with Crippen molar-refractivity contribution in [1.29, 1.82) is 0 Å². The van der Waals surface area contributed by atoms with E-state index in [1.807, 2.05) is 13.0 Å². The zero-order valence-corrected chi connectivity index (χ0v) is 7.88. The molecule has 5 heteroatoms. The van der Waals surface area contributed by atoms with E-state index in [4.69, 9.17) is 11.8 Å². The molecular formula is C8H9ClN3O+. The summed E-state index contributed by atoms with van der Waals surface area (Å²) in [5.74, 6) is 0.858. The fourth-order valence-corrected chi connectivity index (χ4v) is 1.66. The molecule has 2 aliphatic heterocycles. The SMILES string of the molecule is CC1=C(C=O)[NH+]2CN(Cl)C=CC2=N1. The summed E-state index contributed by atoms with van der Waals surface area (Å²) in [5.41, 5.74) is 1.45. The lowest BCUT2D eigenvalue weighted by Crippen LogP contribution is -3.13. The number of carbonyl (C=O) groups is 1. The Kier molecular flexibility index (Phi) is 1.94. The van der Waals surface area contributed by atoms with Gasteiger partial charge in [0.15, 0.2) is 6.67 Å². The number of quaternary nitrogens is 1. The molecule has 2 rings (SSSR count). The van der Waals surface area contributed by atoms with Crippen LogP contribution in [0.5, 0.6) is 0 Å². The second-order valence-electron chi connectivity index (χ2n) is 2.97. The summed E-state index contributed by atoms with van der Waals surface area (Å²) in [7, 11) is 0. The van der Waals surface area contributed by atoms with Crippen molar-refractivity contribution in [3.8, 4) is 0 Å². The Morgan fingerprint density at radius 2 is 2.54 bits per heavy atom. The quantitative estimate of drug-likeness (QED) is 0.462. The Morgan fingerprint density at radius 1 is 1.77 bits per heavy atom. The molecule has 0 aromatic heterocycles. The first-order valence-electron chi connectivity index (χ1n) is 3.94. The van der Waals surface area contributed by atoms with Gasteiger partial charge in [-0.2, -0.15) is 4.99 Å². The van der Waals surface area contributed by atoms with Gasteiger partial charge in [-0.3, -0.25) is 4.79 Å². The van der Waals surface area contributed by atoms with Crippen molar-refractivity contribution in [2.75, 3.05) is 6.67 Å². The Bertz CT molecular complexity index is 345. The minimum absolute atomic E-state index is 0.544. The Balaban J connectivity index is 2.36. The normalized spacial score (nSPS) is 26.2. The van der Waals surface area contributed by atoms with Gasteiger partial charge in [-0.25, -0.2) is 9.32 Å². The highest BCUT2D eigenvalue weighted by Crippen LogP contribution is 2.07. The Labute approximate surface area is 80.9 Å². The van der Waals surface area contributed by atoms with Crippen molar-refractivity contribution in [3.63, 3.8) is 0 Å². The van der Waals surface area contributed by atoms with Crippen LogP contribution >= 0.6 is 11.8 Å². The van der Waals surface area contributed by atoms with Gasteiger partial charge in [-0.05, 0) is 6.92 Å². The molecule has 13 heavy (non-hydrogen) atoms. The number of aldehydes is 1. The number of nitrogens with zero attached hydrogens (tertiary/aromatic N) is 2. The van der Waals surface area contributed by atoms with Gasteiger partial charge in [0.2, 0.25) is 17.8 Å². The van der Waals surface area contributed by atoms with Gasteiger partial charge in [0.05, 0.1) is 0 Å². The molecule has 0 aromatic carbocycles. The number of nitrogens with one attached hydrogen (secondary N) is 1. The van der Waals surface area contributed by atoms with E-state index in [0.29, 0.717) is 12.4 Å². The van der Waals surface area contributed by atoms with Crippen LogP contribution in [0.3, 0.4) is 0 Å². The smallest absolute Gasteiger partial charge is 0.234 e. The predicted molar refractivity (Wildman–Crippen MR) is 48.9 cm³/mol. The molecule has 0 aromatic rings. The minimum atomic E-state index is 0.544. The topological polar surface area (TPSA) is 37.1 Å². The number of fused-ring (bicyclic) bond motifs is 1. The maximum atomic E-state index is 10.7. The molecule has 0 spiro atoms. The lowest BCUT2D eigenvalue weighted by atomic mass is 10.3. The third kappa shape index (κ3) is 1.28. The molecule has 0 amide bonds. The van der Waals surface area contributed by atoms with Crippen LogP contribution < -0.4 is 4.90 Å². The first-order chi connectivity index (χ1) is 6.22. The number of carbonyl (C=O) groups excluding carboxylic acids is 1. The van der Waals surface area contributed by atoms with E-state index in [1.165, 1.54) is 4.42 Å². The van der Waals surface area contributed by atoms with Gasteiger partial charge in [-0.1, -0.05) is 0 Å². The zero-order valence-electron chi connectivity index (χ0n) is 7.12. The van der Waals surface area contributed by atoms with Crippen molar-refractivity contribution >= 4 is 23.9 Å². The van der Waals surface area contributed by atoms with Crippen LogP contribution in [0.2, 0.25) is 0 Å². The van der Waals surface area contributed by atoms with Gasteiger partial charge in [0.25, 0.3) is 0 Å². The van der Waals surface area contributed by atoms with Crippen LogP contribution in [0.1, 0.15) is 6.92 Å². The lowest BCUT2D eigenvalue weighted by Gasteiger charge is -2.21. The summed E-state index contributed by atoms with van der Waals surface area (Å²) in [6, 6.07) is 0. The van der Waals surface area contributed by atoms with E-state index in [0.717, 1.165) is 22.7 Å². The molecule has 0 saturated carbocycles. The number of allylic oxidation sites excluding steroid dienone is 2. The monoisotopic (exact) mass is 198 g/mol. The van der Waals surface area contributed by atoms with Crippen molar-refractivity contribution in [2.24, 2.45) is 4.99 Å². The average Bonchev–Trinajstić information content (AvgIpc) is 2.40. The highest BCUT2D eigenvalue weighted by atomic mass is 35.5. The van der Waals surface area contributed by atoms with Crippen LogP contribution in [0.4, 0.5) is 0 Å². The fraction of sp³-hybridized carbons (Fsp3) is 0.250. The molecular weight excluding hydrogens is 190 g/mol. The molecule has 2 aliphatic rings. The van der Waals surface area contributed by atoms with Crippen molar-refractivity contribution in [1.82, 2.24) is 4.42 Å². The largest absolute Gasteiger partial charge is 0.292 e. The summed E-state index contributed by atoms with van der Waals surface area (Å²) in [4.78, 5) is 15.9. The van der Waals surface area contributed by atoms with Crippen molar-refractivity contribution in [3.05, 3.63) is 23.7 Å². The Hall–Kier alpha value is -1.13. The summed E-state index contributed by atoms with van der Waals surface area (Å²) in [6.07, 6.45) is 4.39. The number of halogens is 1. The van der Waals surface area contributed by atoms with E-state index in [-0.39, 0.29) is 0 Å². The fourth-order valence-electron chi connectivity index (χ4n) is 1.48. The number of hydrogen-bond acceptors (Lipinski definition) is 3. The number of rotatable bonds is 1. The molecule has 68 valence electrons. The van der Waals surface area contributed by atoms with Crippen LogP contribution in [-0.2, 0) is 4.79 Å². The number of amidine groups is 1. The van der Waals surface area contributed by atoms with Crippen LogP contribution in [-0.4, -0.2) is 23.2 Å². The van der Waals surface area contributed by atoms with Crippen LogP contribution in [0.15, 0.2) is 28.7 Å². The van der Waals surface area contributed by atoms with Gasteiger partial charge in [0.1, 0.15) is 5.70 Å². The summed E-state index contributed by atoms with van der Waals surface area (Å²) in [6.45, 7) is 2.37. The molecule has 2 heterocycles. The second kappa shape index (κ2) is 2.97. The molecule has 1 unspecified atom stereocenters. The summed E-state index contributed by atoms with van der Waals surface area (Å²) in [5, 5.41) is 0. The van der Waals surface area contributed by atoms with Crippen molar-refractivity contribution < 1.29 is 9.69 Å². The number of aliphatic imine (C=N–C) groups is 1. The molecule has 0 bridgehead atoms. The van der Waals surface area contributed by atoms with E-state index in [2.05, 4.69) is 4.99 Å². The zero-order chi connectivity index (χ0) is 9.42. The van der Waals surface area contributed by atoms with Gasteiger partial charge < -0.3 is 0 Å². The first kappa shape index (κ1) is 8.47. The standard InChI is InChI=1S/C8H8ClN3O/c1-6-7(4-13)12-5-11(9)3-2-8(12)10-6/h2-4H,5H2,1H3/p+1. The molecule has 1 atom stereocenters. The third-order valence-electron chi connectivity index (χ3n) is 2.13. The molecule has 1 N–H and O–H groups in total. The maximum absolute atomic E-state index is 10.7. The van der Waals surface area contributed by atoms with E-state index in [9.17, 15) is 4.79 Å². The highest BCUT2D eigenvalue weighted by Gasteiger charge is 2.32. The van der Waals surface area contributed by atoms with Gasteiger partial charge >= 0.3 is 0 Å². The third-order valence-corrected chi connectivity index (χ3v) is 2.37. The predicted octanol–water partition coefficient (Wildman–Crippen LogP) is -0.346.